The van der Waals surface area contributed by atoms with E-state index in [2.05, 4.69) is 25.1 Å². The maximum absolute atomic E-state index is 12.7. The third-order valence-electron chi connectivity index (χ3n) is 3.82. The first-order valence-electron chi connectivity index (χ1n) is 7.63. The molecule has 2 heterocycles. The summed E-state index contributed by atoms with van der Waals surface area (Å²) in [6.45, 7) is 0. The number of hydrogen-bond donors (Lipinski definition) is 1. The van der Waals surface area contributed by atoms with Gasteiger partial charge < -0.3 is 9.15 Å². The van der Waals surface area contributed by atoms with Crippen LogP contribution in [0.15, 0.2) is 28.7 Å². The molecule has 26 heavy (non-hydrogen) atoms. The number of alkyl halides is 3. The van der Waals surface area contributed by atoms with Gasteiger partial charge in [-0.2, -0.15) is 15.6 Å². The van der Waals surface area contributed by atoms with Crippen molar-refractivity contribution >= 4 is 0 Å². The van der Waals surface area contributed by atoms with E-state index in [0.717, 1.165) is 12.8 Å². The minimum absolute atomic E-state index is 0.0337. The van der Waals surface area contributed by atoms with Gasteiger partial charge >= 0.3 is 6.36 Å². The maximum Gasteiger partial charge on any atom is 0.573 e. The Morgan fingerprint density at radius 3 is 2.65 bits per heavy atom. The van der Waals surface area contributed by atoms with Gasteiger partial charge in [-0.15, -0.1) is 18.3 Å². The molecule has 1 N–H and O–H groups in total. The number of oxazole rings is 1. The van der Waals surface area contributed by atoms with Gasteiger partial charge in [-0.1, -0.05) is 12.1 Å². The number of benzene rings is 1. The predicted molar refractivity (Wildman–Crippen MR) is 80.7 cm³/mol. The van der Waals surface area contributed by atoms with Crippen molar-refractivity contribution in [3.05, 3.63) is 35.7 Å². The van der Waals surface area contributed by atoms with E-state index in [9.17, 15) is 13.2 Å². The Balaban J connectivity index is 1.83. The lowest BCUT2D eigenvalue weighted by molar-refractivity contribution is -0.274. The fourth-order valence-electron chi connectivity index (χ4n) is 2.57. The van der Waals surface area contributed by atoms with Crippen LogP contribution in [-0.2, 0) is 0 Å². The van der Waals surface area contributed by atoms with Crippen molar-refractivity contribution in [2.24, 2.45) is 0 Å². The number of ether oxygens (including phenoxy) is 1. The standard InChI is InChI=1S/C16H10F3N5O2/c17-16(18,19)26-11-4-2-1-3-9(11)15-21-13(14(25-15)8-5-6-8)12-10(7-20)22-24-23-12/h1-4,8H,5-6H2,(H,22,23,24). The van der Waals surface area contributed by atoms with E-state index < -0.39 is 12.1 Å². The monoisotopic (exact) mass is 361 g/mol. The van der Waals surface area contributed by atoms with Crippen LogP contribution in [0, 0.1) is 11.3 Å². The van der Waals surface area contributed by atoms with Gasteiger partial charge in [-0.05, 0) is 25.0 Å². The van der Waals surface area contributed by atoms with E-state index in [4.69, 9.17) is 9.68 Å². The van der Waals surface area contributed by atoms with Crippen LogP contribution in [-0.4, -0.2) is 26.8 Å². The smallest absolute Gasteiger partial charge is 0.440 e. The van der Waals surface area contributed by atoms with Crippen LogP contribution in [0.2, 0.25) is 0 Å². The van der Waals surface area contributed by atoms with Crippen molar-refractivity contribution in [3.63, 3.8) is 0 Å². The number of aromatic amines is 1. The lowest BCUT2D eigenvalue weighted by Gasteiger charge is -2.11. The van der Waals surface area contributed by atoms with Gasteiger partial charge in [-0.3, -0.25) is 0 Å². The highest BCUT2D eigenvalue weighted by Crippen LogP contribution is 2.46. The fourth-order valence-corrected chi connectivity index (χ4v) is 2.57. The molecule has 0 radical (unpaired) electrons. The van der Waals surface area contributed by atoms with E-state index in [-0.39, 0.29) is 28.8 Å². The van der Waals surface area contributed by atoms with Gasteiger partial charge in [0, 0.05) is 5.92 Å². The topological polar surface area (TPSA) is 101 Å². The molecule has 1 fully saturated rings. The highest BCUT2D eigenvalue weighted by atomic mass is 19.4. The first-order valence-corrected chi connectivity index (χ1v) is 7.63. The third kappa shape index (κ3) is 2.99. The Labute approximate surface area is 144 Å². The molecule has 4 rings (SSSR count). The minimum Gasteiger partial charge on any atom is -0.440 e. The molecule has 2 aromatic heterocycles. The lowest BCUT2D eigenvalue weighted by atomic mass is 10.2. The maximum atomic E-state index is 12.7. The minimum atomic E-state index is -4.84. The highest BCUT2D eigenvalue weighted by Gasteiger charge is 2.36. The van der Waals surface area contributed by atoms with Gasteiger partial charge in [0.1, 0.15) is 23.3 Å². The summed E-state index contributed by atoms with van der Waals surface area (Å²) in [5.41, 5.74) is 0.597. The lowest BCUT2D eigenvalue weighted by Crippen LogP contribution is -2.17. The number of hydrogen-bond acceptors (Lipinski definition) is 6. The molecule has 0 unspecified atom stereocenters. The first-order chi connectivity index (χ1) is 12.5. The fraction of sp³-hybridized carbons (Fsp3) is 0.250. The van der Waals surface area contributed by atoms with Gasteiger partial charge in [0.05, 0.1) is 5.56 Å². The molecule has 10 heteroatoms. The summed E-state index contributed by atoms with van der Waals surface area (Å²) >= 11 is 0. The zero-order chi connectivity index (χ0) is 18.3. The van der Waals surface area contributed by atoms with Gasteiger partial charge in [0.2, 0.25) is 5.89 Å². The zero-order valence-electron chi connectivity index (χ0n) is 13.0. The summed E-state index contributed by atoms with van der Waals surface area (Å²) in [5.74, 6) is 0.113. The molecule has 1 saturated carbocycles. The van der Waals surface area contributed by atoms with Crippen LogP contribution in [0.5, 0.6) is 5.75 Å². The number of H-pyrrole nitrogens is 1. The van der Waals surface area contributed by atoms with Crippen molar-refractivity contribution in [2.45, 2.75) is 25.1 Å². The average Bonchev–Trinajstić information content (AvgIpc) is 3.17. The molecule has 1 aliphatic rings. The number of nitrogens with one attached hydrogen (secondary N) is 1. The van der Waals surface area contributed by atoms with Crippen molar-refractivity contribution in [1.82, 2.24) is 20.4 Å². The van der Waals surface area contributed by atoms with Crippen molar-refractivity contribution in [1.29, 1.82) is 5.26 Å². The van der Waals surface area contributed by atoms with E-state index in [1.807, 2.05) is 6.07 Å². The van der Waals surface area contributed by atoms with E-state index in [1.54, 1.807) is 6.07 Å². The number of para-hydroxylation sites is 1. The molecule has 1 aliphatic carbocycles. The highest BCUT2D eigenvalue weighted by molar-refractivity contribution is 5.69. The molecule has 1 aromatic carbocycles. The Kier molecular flexibility index (Phi) is 3.64. The van der Waals surface area contributed by atoms with Crippen molar-refractivity contribution in [2.75, 3.05) is 0 Å². The zero-order valence-corrected chi connectivity index (χ0v) is 13.0. The first kappa shape index (κ1) is 16.1. The summed E-state index contributed by atoms with van der Waals surface area (Å²) in [7, 11) is 0. The molecule has 0 saturated heterocycles. The quantitative estimate of drug-likeness (QED) is 0.759. The van der Waals surface area contributed by atoms with Crippen LogP contribution >= 0.6 is 0 Å². The SMILES string of the molecule is N#Cc1n[nH]nc1-c1nc(-c2ccccc2OC(F)(F)F)oc1C1CC1. The number of halogens is 3. The van der Waals surface area contributed by atoms with Crippen LogP contribution in [0.3, 0.4) is 0 Å². The van der Waals surface area contributed by atoms with Crippen LogP contribution in [0.4, 0.5) is 13.2 Å². The Hall–Kier alpha value is -3.35. The van der Waals surface area contributed by atoms with Crippen molar-refractivity contribution in [3.8, 4) is 34.7 Å². The van der Waals surface area contributed by atoms with E-state index >= 15 is 0 Å². The molecule has 3 aromatic rings. The van der Waals surface area contributed by atoms with Crippen molar-refractivity contribution < 1.29 is 22.3 Å². The number of nitrogens with zero attached hydrogens (tertiary/aromatic N) is 4. The molecule has 132 valence electrons. The molecule has 0 amide bonds. The van der Waals surface area contributed by atoms with E-state index in [0.29, 0.717) is 11.5 Å². The summed E-state index contributed by atoms with van der Waals surface area (Å²) in [6, 6.07) is 7.46. The molecule has 0 aliphatic heterocycles. The predicted octanol–water partition coefficient (Wildman–Crippen LogP) is 3.77. The summed E-state index contributed by atoms with van der Waals surface area (Å²) in [5, 5.41) is 19.1. The average molecular weight is 361 g/mol. The second-order valence-corrected chi connectivity index (χ2v) is 5.68. The molecule has 0 bridgehead atoms. The number of rotatable bonds is 4. The molecule has 0 atom stereocenters. The Morgan fingerprint density at radius 2 is 1.96 bits per heavy atom. The van der Waals surface area contributed by atoms with Gasteiger partial charge in [0.15, 0.2) is 11.4 Å². The summed E-state index contributed by atoms with van der Waals surface area (Å²) < 4.78 is 47.8. The Bertz CT molecular complexity index is 998. The number of aromatic nitrogens is 4. The summed E-state index contributed by atoms with van der Waals surface area (Å²) in [6.07, 6.45) is -3.12. The molecular formula is C16H10F3N5O2. The molecule has 0 spiro atoms. The summed E-state index contributed by atoms with van der Waals surface area (Å²) in [4.78, 5) is 4.30. The Morgan fingerprint density at radius 1 is 1.19 bits per heavy atom. The van der Waals surface area contributed by atoms with Gasteiger partial charge in [-0.25, -0.2) is 4.98 Å². The molecule has 7 nitrogen and oxygen atoms in total. The van der Waals surface area contributed by atoms with E-state index in [1.165, 1.54) is 18.2 Å². The number of nitriles is 1. The largest absolute Gasteiger partial charge is 0.573 e. The normalized spacial score (nSPS) is 14.2. The second kappa shape index (κ2) is 5.87. The second-order valence-electron chi connectivity index (χ2n) is 5.68. The van der Waals surface area contributed by atoms with Crippen LogP contribution in [0.25, 0.3) is 22.8 Å². The molecular weight excluding hydrogens is 351 g/mol. The van der Waals surface area contributed by atoms with Gasteiger partial charge in [0.25, 0.3) is 0 Å². The van der Waals surface area contributed by atoms with Crippen LogP contribution in [0.1, 0.15) is 30.2 Å². The third-order valence-corrected chi connectivity index (χ3v) is 3.82. The van der Waals surface area contributed by atoms with Crippen LogP contribution < -0.4 is 4.74 Å².